The zero-order valence-electron chi connectivity index (χ0n) is 17.5. The van der Waals surface area contributed by atoms with E-state index < -0.39 is 0 Å². The average molecular weight is 401 g/mol. The maximum Gasteiger partial charge on any atom is 0.154 e. The standard InChI is InChI=1S/C22H32N4O3/c1-4-5-18-6-8-19(9-7-18)14-25-15-27-28-16-26(23)22(25)24-20-10-12-21(13-11-20)29-17(2)3/h6-13,17,22,24H,4-5,14-16,23H2,1-3H3. The molecule has 3 rings (SSSR count). The Morgan fingerprint density at radius 2 is 1.69 bits per heavy atom. The molecule has 1 unspecified atom stereocenters. The van der Waals surface area contributed by atoms with Crippen molar-refractivity contribution in [2.24, 2.45) is 5.84 Å². The first kappa shape index (κ1) is 21.5. The Morgan fingerprint density at radius 3 is 2.34 bits per heavy atom. The van der Waals surface area contributed by atoms with Crippen LogP contribution in [0.1, 0.15) is 38.3 Å². The van der Waals surface area contributed by atoms with Gasteiger partial charge in [0.05, 0.1) is 6.10 Å². The van der Waals surface area contributed by atoms with Crippen LogP contribution in [0.2, 0.25) is 0 Å². The van der Waals surface area contributed by atoms with E-state index in [2.05, 4.69) is 41.4 Å². The van der Waals surface area contributed by atoms with Gasteiger partial charge in [0, 0.05) is 12.2 Å². The SMILES string of the molecule is CCCc1ccc(CN2COOCN(N)C2Nc2ccc(OC(C)C)cc2)cc1. The van der Waals surface area contributed by atoms with Gasteiger partial charge in [-0.25, -0.2) is 14.7 Å². The molecule has 3 N–H and O–H groups in total. The van der Waals surface area contributed by atoms with E-state index in [0.29, 0.717) is 13.3 Å². The smallest absolute Gasteiger partial charge is 0.154 e. The van der Waals surface area contributed by atoms with Crippen molar-refractivity contribution in [3.63, 3.8) is 0 Å². The molecule has 0 aliphatic carbocycles. The molecular formula is C22H32N4O3. The topological polar surface area (TPSA) is 72.2 Å². The van der Waals surface area contributed by atoms with Gasteiger partial charge in [-0.15, -0.1) is 0 Å². The number of nitrogens with zero attached hydrogens (tertiary/aromatic N) is 2. The van der Waals surface area contributed by atoms with Gasteiger partial charge in [-0.05, 0) is 55.7 Å². The van der Waals surface area contributed by atoms with Crippen LogP contribution in [0.3, 0.4) is 0 Å². The van der Waals surface area contributed by atoms with Gasteiger partial charge >= 0.3 is 0 Å². The number of hydrogen-bond donors (Lipinski definition) is 2. The number of nitrogens with two attached hydrogens (primary N) is 1. The first-order valence-corrected chi connectivity index (χ1v) is 10.2. The number of nitrogens with one attached hydrogen (secondary N) is 1. The molecule has 0 saturated carbocycles. The van der Waals surface area contributed by atoms with Crippen molar-refractivity contribution >= 4 is 5.69 Å². The van der Waals surface area contributed by atoms with E-state index in [4.69, 9.17) is 20.4 Å². The lowest BCUT2D eigenvalue weighted by Crippen LogP contribution is -2.54. The number of aryl methyl sites for hydroxylation is 1. The predicted octanol–water partition coefficient (Wildman–Crippen LogP) is 3.68. The molecule has 1 heterocycles. The van der Waals surface area contributed by atoms with Crippen LogP contribution in [0, 0.1) is 0 Å². The first-order valence-electron chi connectivity index (χ1n) is 10.2. The van der Waals surface area contributed by atoms with Gasteiger partial charge in [0.1, 0.15) is 12.5 Å². The van der Waals surface area contributed by atoms with E-state index in [1.54, 1.807) is 5.01 Å². The Labute approximate surface area is 173 Å². The molecule has 1 aliphatic rings. The Morgan fingerprint density at radius 1 is 1.03 bits per heavy atom. The molecular weight excluding hydrogens is 368 g/mol. The maximum atomic E-state index is 6.23. The number of benzene rings is 2. The number of anilines is 1. The minimum atomic E-state index is -0.287. The minimum Gasteiger partial charge on any atom is -0.491 e. The quantitative estimate of drug-likeness (QED) is 0.517. The molecule has 1 aliphatic heterocycles. The number of hydrogen-bond acceptors (Lipinski definition) is 7. The zero-order chi connectivity index (χ0) is 20.6. The van der Waals surface area contributed by atoms with E-state index in [1.165, 1.54) is 11.1 Å². The van der Waals surface area contributed by atoms with E-state index in [9.17, 15) is 0 Å². The molecule has 1 fully saturated rings. The van der Waals surface area contributed by atoms with Gasteiger partial charge < -0.3 is 10.1 Å². The molecule has 0 bridgehead atoms. The molecule has 2 aromatic carbocycles. The van der Waals surface area contributed by atoms with Crippen LogP contribution in [0.5, 0.6) is 5.75 Å². The van der Waals surface area contributed by atoms with Crippen molar-refractivity contribution in [2.75, 3.05) is 18.8 Å². The van der Waals surface area contributed by atoms with Crippen LogP contribution in [0.4, 0.5) is 5.69 Å². The predicted molar refractivity (Wildman–Crippen MR) is 114 cm³/mol. The number of ether oxygens (including phenoxy) is 1. The first-order chi connectivity index (χ1) is 14.0. The molecule has 1 atom stereocenters. The van der Waals surface area contributed by atoms with Crippen LogP contribution in [-0.2, 0) is 22.7 Å². The third kappa shape index (κ3) is 6.42. The fourth-order valence-electron chi connectivity index (χ4n) is 3.25. The molecule has 2 aromatic rings. The third-order valence-corrected chi connectivity index (χ3v) is 4.63. The molecule has 1 saturated heterocycles. The summed E-state index contributed by atoms with van der Waals surface area (Å²) in [5, 5.41) is 5.04. The highest BCUT2D eigenvalue weighted by Gasteiger charge is 2.27. The molecule has 29 heavy (non-hydrogen) atoms. The highest BCUT2D eigenvalue weighted by molar-refractivity contribution is 5.47. The van der Waals surface area contributed by atoms with Crippen molar-refractivity contribution in [3.8, 4) is 5.75 Å². The largest absolute Gasteiger partial charge is 0.491 e. The summed E-state index contributed by atoms with van der Waals surface area (Å²) < 4.78 is 5.71. The second-order valence-electron chi connectivity index (χ2n) is 7.53. The number of hydrazine groups is 1. The van der Waals surface area contributed by atoms with Crippen LogP contribution in [-0.4, -0.2) is 35.8 Å². The summed E-state index contributed by atoms with van der Waals surface area (Å²) in [5.74, 6) is 7.07. The summed E-state index contributed by atoms with van der Waals surface area (Å²) in [6, 6.07) is 16.5. The number of rotatable bonds is 8. The lowest BCUT2D eigenvalue weighted by Gasteiger charge is -2.34. The minimum absolute atomic E-state index is 0.142. The molecule has 0 aromatic heterocycles. The zero-order valence-corrected chi connectivity index (χ0v) is 17.5. The summed E-state index contributed by atoms with van der Waals surface area (Å²) in [6.07, 6.45) is 2.10. The molecule has 0 amide bonds. The van der Waals surface area contributed by atoms with Gasteiger partial charge in [-0.1, -0.05) is 37.6 Å². The van der Waals surface area contributed by atoms with Gasteiger partial charge in [0.25, 0.3) is 0 Å². The van der Waals surface area contributed by atoms with Gasteiger partial charge in [-0.2, -0.15) is 5.01 Å². The van der Waals surface area contributed by atoms with Crippen molar-refractivity contribution in [2.45, 2.75) is 52.6 Å². The van der Waals surface area contributed by atoms with E-state index in [-0.39, 0.29) is 19.1 Å². The molecule has 7 nitrogen and oxygen atoms in total. The Bertz CT molecular complexity index is 737. The van der Waals surface area contributed by atoms with Crippen molar-refractivity contribution in [3.05, 3.63) is 59.7 Å². The highest BCUT2D eigenvalue weighted by Crippen LogP contribution is 2.21. The Kier molecular flexibility index (Phi) is 7.85. The van der Waals surface area contributed by atoms with Gasteiger partial charge in [0.15, 0.2) is 13.0 Å². The van der Waals surface area contributed by atoms with Gasteiger partial charge in [0.2, 0.25) is 0 Å². The fraction of sp³-hybridized carbons (Fsp3) is 0.455. The third-order valence-electron chi connectivity index (χ3n) is 4.63. The van der Waals surface area contributed by atoms with Crippen LogP contribution in [0.25, 0.3) is 0 Å². The van der Waals surface area contributed by atoms with E-state index in [0.717, 1.165) is 24.3 Å². The summed E-state index contributed by atoms with van der Waals surface area (Å²) in [7, 11) is 0. The molecule has 158 valence electrons. The molecule has 0 radical (unpaired) electrons. The fourth-order valence-corrected chi connectivity index (χ4v) is 3.25. The van der Waals surface area contributed by atoms with Crippen LogP contribution >= 0.6 is 0 Å². The normalized spacial score (nSPS) is 18.6. The van der Waals surface area contributed by atoms with Crippen LogP contribution in [0.15, 0.2) is 48.5 Å². The van der Waals surface area contributed by atoms with E-state index >= 15 is 0 Å². The van der Waals surface area contributed by atoms with Crippen molar-refractivity contribution < 1.29 is 14.5 Å². The second-order valence-corrected chi connectivity index (χ2v) is 7.53. The average Bonchev–Trinajstić information content (AvgIpc) is 2.87. The lowest BCUT2D eigenvalue weighted by molar-refractivity contribution is -0.314. The van der Waals surface area contributed by atoms with Crippen molar-refractivity contribution in [1.82, 2.24) is 9.91 Å². The highest BCUT2D eigenvalue weighted by atomic mass is 17.2. The summed E-state index contributed by atoms with van der Waals surface area (Å²) in [6.45, 7) is 7.35. The lowest BCUT2D eigenvalue weighted by atomic mass is 10.1. The van der Waals surface area contributed by atoms with Crippen molar-refractivity contribution in [1.29, 1.82) is 0 Å². The molecule has 7 heteroatoms. The second kappa shape index (κ2) is 10.6. The summed E-state index contributed by atoms with van der Waals surface area (Å²) in [5.41, 5.74) is 3.48. The Balaban J connectivity index is 1.70. The van der Waals surface area contributed by atoms with Crippen LogP contribution < -0.4 is 15.9 Å². The Hall–Kier alpha value is -2.16. The monoisotopic (exact) mass is 400 g/mol. The maximum absolute atomic E-state index is 6.23. The summed E-state index contributed by atoms with van der Waals surface area (Å²) >= 11 is 0. The summed E-state index contributed by atoms with van der Waals surface area (Å²) in [4.78, 5) is 12.5. The molecule has 0 spiro atoms. The van der Waals surface area contributed by atoms with E-state index in [1.807, 2.05) is 38.1 Å². The van der Waals surface area contributed by atoms with Gasteiger partial charge in [-0.3, -0.25) is 5.84 Å².